The molecule has 16 heteroatoms. The van der Waals surface area contributed by atoms with Crippen LogP contribution < -0.4 is 27.4 Å². The Morgan fingerprint density at radius 2 is 1.23 bits per heavy atom. The standard InChI is InChI=1S/C23H31N5O11/c24-13(9-11-1-3-12(29)4-2-11)20(35)28-16(10-19(33)34)22(37)26-14(5-7-17(25)30)21(36)27-15(23(38)39)6-8-18(31)32/h1-4,13-16,29H,5-10,24H2,(H2,25,30)(H,26,37)(H,27,36)(H,28,35)(H,31,32)(H,33,34)(H,38,39). The molecule has 0 aromatic heterocycles. The minimum Gasteiger partial charge on any atom is -0.508 e. The second-order valence-electron chi connectivity index (χ2n) is 8.53. The molecule has 16 nitrogen and oxygen atoms in total. The van der Waals surface area contributed by atoms with Crippen molar-refractivity contribution in [1.82, 2.24) is 16.0 Å². The number of carboxylic acid groups (broad SMARTS) is 3. The molecule has 0 aliphatic heterocycles. The molecule has 1 aromatic carbocycles. The predicted molar refractivity (Wildman–Crippen MR) is 131 cm³/mol. The Balaban J connectivity index is 3.01. The van der Waals surface area contributed by atoms with Crippen molar-refractivity contribution in [3.63, 3.8) is 0 Å². The Morgan fingerprint density at radius 3 is 1.74 bits per heavy atom. The summed E-state index contributed by atoms with van der Waals surface area (Å²) in [6.07, 6.45) is -2.85. The SMILES string of the molecule is NC(=O)CCC(NC(=O)C(CC(=O)O)NC(=O)C(N)Cc1ccc(O)cc1)C(=O)NC(CCC(=O)O)C(=O)O. The molecule has 0 heterocycles. The number of benzene rings is 1. The van der Waals surface area contributed by atoms with Gasteiger partial charge in [-0.2, -0.15) is 0 Å². The summed E-state index contributed by atoms with van der Waals surface area (Å²) in [5.74, 6) is -8.38. The fraction of sp³-hybridized carbons (Fsp3) is 0.435. The molecule has 1 aromatic rings. The summed E-state index contributed by atoms with van der Waals surface area (Å²) in [6.45, 7) is 0. The van der Waals surface area contributed by atoms with E-state index in [0.29, 0.717) is 5.56 Å². The van der Waals surface area contributed by atoms with Crippen LogP contribution in [0.5, 0.6) is 5.75 Å². The fourth-order valence-corrected chi connectivity index (χ4v) is 3.27. The summed E-state index contributed by atoms with van der Waals surface area (Å²) in [7, 11) is 0. The third kappa shape index (κ3) is 12.4. The number of carbonyl (C=O) groups excluding carboxylic acids is 4. The van der Waals surface area contributed by atoms with Crippen molar-refractivity contribution < 1.29 is 54.0 Å². The molecule has 1 rings (SSSR count). The second kappa shape index (κ2) is 15.5. The lowest BCUT2D eigenvalue weighted by Crippen LogP contribution is -2.57. The highest BCUT2D eigenvalue weighted by atomic mass is 16.4. The van der Waals surface area contributed by atoms with Gasteiger partial charge in [0, 0.05) is 12.8 Å². The minimum atomic E-state index is -1.72. The van der Waals surface area contributed by atoms with Gasteiger partial charge in [-0.15, -0.1) is 0 Å². The van der Waals surface area contributed by atoms with Crippen molar-refractivity contribution >= 4 is 41.5 Å². The van der Waals surface area contributed by atoms with Gasteiger partial charge >= 0.3 is 17.9 Å². The lowest BCUT2D eigenvalue weighted by atomic mass is 10.0. The normalized spacial score (nSPS) is 13.7. The Labute approximate surface area is 221 Å². The van der Waals surface area contributed by atoms with E-state index in [4.69, 9.17) is 16.6 Å². The van der Waals surface area contributed by atoms with Crippen LogP contribution >= 0.6 is 0 Å². The summed E-state index contributed by atoms with van der Waals surface area (Å²) >= 11 is 0. The first-order valence-electron chi connectivity index (χ1n) is 11.6. The van der Waals surface area contributed by atoms with Crippen molar-refractivity contribution in [3.05, 3.63) is 29.8 Å². The van der Waals surface area contributed by atoms with Gasteiger partial charge in [-0.3, -0.25) is 28.8 Å². The van der Waals surface area contributed by atoms with E-state index >= 15 is 0 Å². The number of aromatic hydroxyl groups is 1. The average Bonchev–Trinajstić information content (AvgIpc) is 2.84. The Kier molecular flexibility index (Phi) is 12.8. The number of nitrogens with one attached hydrogen (secondary N) is 3. The van der Waals surface area contributed by atoms with Crippen LogP contribution in [0.4, 0.5) is 0 Å². The summed E-state index contributed by atoms with van der Waals surface area (Å²) in [5, 5.41) is 43.0. The maximum Gasteiger partial charge on any atom is 0.326 e. The third-order valence-corrected chi connectivity index (χ3v) is 5.31. The number of amides is 4. The van der Waals surface area contributed by atoms with E-state index in [9.17, 15) is 48.9 Å². The highest BCUT2D eigenvalue weighted by molar-refractivity contribution is 5.96. The van der Waals surface area contributed by atoms with Crippen LogP contribution in [0.25, 0.3) is 0 Å². The molecule has 0 radical (unpaired) electrons. The number of hydrogen-bond donors (Lipinski definition) is 9. The number of phenols is 1. The second-order valence-corrected chi connectivity index (χ2v) is 8.53. The van der Waals surface area contributed by atoms with Crippen molar-refractivity contribution in [1.29, 1.82) is 0 Å². The van der Waals surface area contributed by atoms with Crippen LogP contribution in [0.1, 0.15) is 37.7 Å². The van der Waals surface area contributed by atoms with E-state index in [1.165, 1.54) is 24.3 Å². The first kappa shape index (κ1) is 32.3. The molecule has 0 fully saturated rings. The van der Waals surface area contributed by atoms with E-state index in [2.05, 4.69) is 16.0 Å². The monoisotopic (exact) mass is 553 g/mol. The van der Waals surface area contributed by atoms with Gasteiger partial charge in [-0.05, 0) is 37.0 Å². The number of carbonyl (C=O) groups is 7. The number of hydrogen-bond acceptors (Lipinski definition) is 9. The van der Waals surface area contributed by atoms with Crippen LogP contribution in [0.2, 0.25) is 0 Å². The summed E-state index contributed by atoms with van der Waals surface area (Å²) in [4.78, 5) is 82.9. The van der Waals surface area contributed by atoms with Crippen LogP contribution in [0, 0.1) is 0 Å². The molecule has 39 heavy (non-hydrogen) atoms. The fourth-order valence-electron chi connectivity index (χ4n) is 3.27. The third-order valence-electron chi connectivity index (χ3n) is 5.31. The molecule has 0 spiro atoms. The van der Waals surface area contributed by atoms with Crippen molar-refractivity contribution in [2.45, 2.75) is 62.7 Å². The van der Waals surface area contributed by atoms with Crippen LogP contribution in [-0.4, -0.2) is 86.1 Å². The van der Waals surface area contributed by atoms with Crippen LogP contribution in [0.15, 0.2) is 24.3 Å². The van der Waals surface area contributed by atoms with Gasteiger partial charge in [0.15, 0.2) is 0 Å². The molecule has 0 bridgehead atoms. The van der Waals surface area contributed by atoms with E-state index in [1.54, 1.807) is 0 Å². The number of primary amides is 1. The zero-order valence-electron chi connectivity index (χ0n) is 20.7. The highest BCUT2D eigenvalue weighted by Crippen LogP contribution is 2.11. The Hall–Kier alpha value is -4.73. The number of rotatable bonds is 17. The molecule has 4 unspecified atom stereocenters. The summed E-state index contributed by atoms with van der Waals surface area (Å²) < 4.78 is 0. The Morgan fingerprint density at radius 1 is 0.718 bits per heavy atom. The van der Waals surface area contributed by atoms with Crippen molar-refractivity contribution in [2.24, 2.45) is 11.5 Å². The van der Waals surface area contributed by atoms with E-state index < -0.39 is 97.8 Å². The molecule has 0 saturated heterocycles. The van der Waals surface area contributed by atoms with Gasteiger partial charge in [0.05, 0.1) is 12.5 Å². The smallest absolute Gasteiger partial charge is 0.326 e. The molecule has 4 amide bonds. The van der Waals surface area contributed by atoms with Gasteiger partial charge in [-0.25, -0.2) is 4.79 Å². The predicted octanol–water partition coefficient (Wildman–Crippen LogP) is -2.59. The molecule has 0 aliphatic rings. The van der Waals surface area contributed by atoms with Gasteiger partial charge < -0.3 is 47.8 Å². The number of nitrogens with two attached hydrogens (primary N) is 2. The minimum absolute atomic E-state index is 0.0125. The van der Waals surface area contributed by atoms with Crippen molar-refractivity contribution in [3.8, 4) is 5.75 Å². The topological polar surface area (TPSA) is 289 Å². The van der Waals surface area contributed by atoms with Crippen LogP contribution in [-0.2, 0) is 40.0 Å². The zero-order chi connectivity index (χ0) is 29.7. The van der Waals surface area contributed by atoms with Gasteiger partial charge in [0.1, 0.15) is 23.9 Å². The number of carboxylic acids is 3. The number of aliphatic carboxylic acids is 3. The van der Waals surface area contributed by atoms with Gasteiger partial charge in [0.2, 0.25) is 23.6 Å². The molecule has 214 valence electrons. The highest BCUT2D eigenvalue weighted by Gasteiger charge is 2.31. The van der Waals surface area contributed by atoms with Gasteiger partial charge in [0.25, 0.3) is 0 Å². The van der Waals surface area contributed by atoms with E-state index in [0.717, 1.165) is 0 Å². The lowest BCUT2D eigenvalue weighted by Gasteiger charge is -2.24. The Bertz CT molecular complexity index is 1080. The average molecular weight is 554 g/mol. The zero-order valence-corrected chi connectivity index (χ0v) is 20.7. The van der Waals surface area contributed by atoms with E-state index in [-0.39, 0.29) is 12.2 Å². The summed E-state index contributed by atoms with van der Waals surface area (Å²) in [5.41, 5.74) is 11.5. The quantitative estimate of drug-likeness (QED) is 0.0960. The maximum absolute atomic E-state index is 12.9. The molecule has 11 N–H and O–H groups in total. The molecular weight excluding hydrogens is 522 g/mol. The molecule has 4 atom stereocenters. The van der Waals surface area contributed by atoms with Crippen LogP contribution in [0.3, 0.4) is 0 Å². The maximum atomic E-state index is 12.9. The first-order chi connectivity index (χ1) is 18.2. The lowest BCUT2D eigenvalue weighted by molar-refractivity contribution is -0.144. The van der Waals surface area contributed by atoms with Crippen molar-refractivity contribution in [2.75, 3.05) is 0 Å². The van der Waals surface area contributed by atoms with E-state index in [1.807, 2.05) is 0 Å². The first-order valence-corrected chi connectivity index (χ1v) is 11.6. The summed E-state index contributed by atoms with van der Waals surface area (Å²) in [6, 6.07) is -0.419. The molecule has 0 saturated carbocycles. The largest absolute Gasteiger partial charge is 0.508 e. The molecule has 0 aliphatic carbocycles. The molecular formula is C23H31N5O11. The number of phenolic OH excluding ortho intramolecular Hbond substituents is 1. The van der Waals surface area contributed by atoms with Gasteiger partial charge in [-0.1, -0.05) is 12.1 Å².